The molecule has 1 fully saturated rings. The lowest BCUT2D eigenvalue weighted by Gasteiger charge is -2.32. The third-order valence-electron chi connectivity index (χ3n) is 4.62. The second kappa shape index (κ2) is 6.42. The van der Waals surface area contributed by atoms with Crippen molar-refractivity contribution in [2.24, 2.45) is 11.8 Å². The Morgan fingerprint density at radius 3 is 2.85 bits per heavy atom. The molecule has 2 aromatic rings. The smallest absolute Gasteiger partial charge is 0.0351 e. The van der Waals surface area contributed by atoms with Crippen LogP contribution in [-0.4, -0.2) is 6.04 Å². The zero-order valence-electron chi connectivity index (χ0n) is 12.3. The molecule has 1 saturated carbocycles. The SMILES string of the molecule is CC1CCC(NCc2cc(-c3cccs3)cs2)CC1C. The van der Waals surface area contributed by atoms with E-state index in [0.29, 0.717) is 6.04 Å². The Balaban J connectivity index is 1.54. The zero-order chi connectivity index (χ0) is 13.9. The maximum atomic E-state index is 3.76. The summed E-state index contributed by atoms with van der Waals surface area (Å²) in [6, 6.07) is 7.39. The average Bonchev–Trinajstić information content (AvgIpc) is 3.09. The van der Waals surface area contributed by atoms with Gasteiger partial charge in [-0.05, 0) is 54.0 Å². The van der Waals surface area contributed by atoms with Gasteiger partial charge in [0.2, 0.25) is 0 Å². The van der Waals surface area contributed by atoms with Gasteiger partial charge in [0.25, 0.3) is 0 Å². The maximum absolute atomic E-state index is 3.76. The first-order valence-electron chi connectivity index (χ1n) is 7.57. The Hall–Kier alpha value is -0.640. The first-order valence-corrected chi connectivity index (χ1v) is 9.33. The van der Waals surface area contributed by atoms with Gasteiger partial charge in [-0.25, -0.2) is 0 Å². The molecule has 0 aromatic carbocycles. The minimum Gasteiger partial charge on any atom is -0.309 e. The van der Waals surface area contributed by atoms with Crippen molar-refractivity contribution >= 4 is 22.7 Å². The van der Waals surface area contributed by atoms with Gasteiger partial charge in [-0.3, -0.25) is 0 Å². The van der Waals surface area contributed by atoms with E-state index in [0.717, 1.165) is 18.4 Å². The molecule has 108 valence electrons. The van der Waals surface area contributed by atoms with Crippen LogP contribution in [-0.2, 0) is 6.54 Å². The molecule has 2 aromatic heterocycles. The van der Waals surface area contributed by atoms with Gasteiger partial charge in [-0.1, -0.05) is 19.9 Å². The van der Waals surface area contributed by atoms with E-state index < -0.39 is 0 Å². The van der Waals surface area contributed by atoms with Crippen molar-refractivity contribution in [1.29, 1.82) is 0 Å². The predicted molar refractivity (Wildman–Crippen MR) is 90.4 cm³/mol. The molecule has 1 aliphatic rings. The van der Waals surface area contributed by atoms with Gasteiger partial charge < -0.3 is 5.32 Å². The normalized spacial score (nSPS) is 26.8. The van der Waals surface area contributed by atoms with Crippen LogP contribution in [0, 0.1) is 11.8 Å². The van der Waals surface area contributed by atoms with Crippen molar-refractivity contribution in [2.45, 2.75) is 45.7 Å². The lowest BCUT2D eigenvalue weighted by molar-refractivity contribution is 0.226. The molecule has 0 spiro atoms. The van der Waals surface area contributed by atoms with Crippen LogP contribution in [0.25, 0.3) is 10.4 Å². The molecule has 0 amide bonds. The summed E-state index contributed by atoms with van der Waals surface area (Å²) in [6.45, 7) is 5.83. The van der Waals surface area contributed by atoms with Crippen molar-refractivity contribution < 1.29 is 0 Å². The fourth-order valence-electron chi connectivity index (χ4n) is 3.02. The van der Waals surface area contributed by atoms with Crippen molar-refractivity contribution in [3.63, 3.8) is 0 Å². The van der Waals surface area contributed by atoms with Crippen LogP contribution < -0.4 is 5.32 Å². The lowest BCUT2D eigenvalue weighted by Crippen LogP contribution is -2.35. The number of nitrogens with one attached hydrogen (secondary N) is 1. The number of hydrogen-bond donors (Lipinski definition) is 1. The molecule has 3 atom stereocenters. The van der Waals surface area contributed by atoms with Crippen LogP contribution in [0.4, 0.5) is 0 Å². The van der Waals surface area contributed by atoms with E-state index in [4.69, 9.17) is 0 Å². The van der Waals surface area contributed by atoms with Crippen molar-refractivity contribution in [1.82, 2.24) is 5.32 Å². The highest BCUT2D eigenvalue weighted by Gasteiger charge is 2.24. The molecule has 2 heterocycles. The van der Waals surface area contributed by atoms with Crippen LogP contribution >= 0.6 is 22.7 Å². The molecule has 0 radical (unpaired) electrons. The molecule has 3 rings (SSSR count). The second-order valence-corrected chi connectivity index (χ2v) is 8.07. The predicted octanol–water partition coefficient (Wildman–Crippen LogP) is 5.39. The zero-order valence-corrected chi connectivity index (χ0v) is 13.9. The van der Waals surface area contributed by atoms with Crippen molar-refractivity contribution in [2.75, 3.05) is 0 Å². The van der Waals surface area contributed by atoms with E-state index >= 15 is 0 Å². The molecule has 0 saturated heterocycles. The molecule has 3 unspecified atom stereocenters. The largest absolute Gasteiger partial charge is 0.309 e. The summed E-state index contributed by atoms with van der Waals surface area (Å²) in [6.07, 6.45) is 4.06. The summed E-state index contributed by atoms with van der Waals surface area (Å²) in [7, 11) is 0. The minimum atomic E-state index is 0.716. The Morgan fingerprint density at radius 1 is 1.20 bits per heavy atom. The van der Waals surface area contributed by atoms with E-state index in [1.54, 1.807) is 0 Å². The molecule has 1 nitrogen and oxygen atoms in total. The summed E-state index contributed by atoms with van der Waals surface area (Å²) in [5, 5.41) is 8.20. The van der Waals surface area contributed by atoms with Crippen LogP contribution in [0.5, 0.6) is 0 Å². The average molecular weight is 306 g/mol. The summed E-state index contributed by atoms with van der Waals surface area (Å²) in [5.74, 6) is 1.77. The van der Waals surface area contributed by atoms with Crippen LogP contribution in [0.15, 0.2) is 29.0 Å². The van der Waals surface area contributed by atoms with Gasteiger partial charge in [0.1, 0.15) is 0 Å². The van der Waals surface area contributed by atoms with Crippen molar-refractivity contribution in [3.8, 4) is 10.4 Å². The summed E-state index contributed by atoms with van der Waals surface area (Å²) in [5.41, 5.74) is 1.38. The van der Waals surface area contributed by atoms with Gasteiger partial charge in [-0.2, -0.15) is 0 Å². The molecule has 1 aliphatic carbocycles. The van der Waals surface area contributed by atoms with E-state index in [9.17, 15) is 0 Å². The molecule has 0 bridgehead atoms. The molecule has 3 heteroatoms. The quantitative estimate of drug-likeness (QED) is 0.798. The lowest BCUT2D eigenvalue weighted by atomic mass is 9.79. The topological polar surface area (TPSA) is 12.0 Å². The minimum absolute atomic E-state index is 0.716. The molecule has 20 heavy (non-hydrogen) atoms. The molecule has 0 aliphatic heterocycles. The third kappa shape index (κ3) is 3.33. The van der Waals surface area contributed by atoms with Gasteiger partial charge in [0.15, 0.2) is 0 Å². The summed E-state index contributed by atoms with van der Waals surface area (Å²) in [4.78, 5) is 2.84. The monoisotopic (exact) mass is 305 g/mol. The number of hydrogen-bond acceptors (Lipinski definition) is 3. The van der Waals surface area contributed by atoms with Crippen LogP contribution in [0.3, 0.4) is 0 Å². The summed E-state index contributed by atoms with van der Waals surface area (Å²) >= 11 is 3.70. The Labute approximate surface area is 130 Å². The van der Waals surface area contributed by atoms with Gasteiger partial charge in [-0.15, -0.1) is 22.7 Å². The first kappa shape index (κ1) is 14.3. The van der Waals surface area contributed by atoms with Crippen molar-refractivity contribution in [3.05, 3.63) is 33.8 Å². The third-order valence-corrected chi connectivity index (χ3v) is 6.48. The van der Waals surface area contributed by atoms with Gasteiger partial charge in [0.05, 0.1) is 0 Å². The Kier molecular flexibility index (Phi) is 4.59. The standard InChI is InChI=1S/C17H23NS2/c1-12-5-6-15(8-13(12)2)18-10-16-9-14(11-20-16)17-4-3-7-19-17/h3-4,7,9,11-13,15,18H,5-6,8,10H2,1-2H3. The van der Waals surface area contributed by atoms with E-state index in [-0.39, 0.29) is 0 Å². The maximum Gasteiger partial charge on any atom is 0.0351 e. The Morgan fingerprint density at radius 2 is 2.10 bits per heavy atom. The molecule has 1 N–H and O–H groups in total. The molecular formula is C17H23NS2. The molecular weight excluding hydrogens is 282 g/mol. The number of thiophene rings is 2. The van der Waals surface area contributed by atoms with E-state index in [2.05, 4.69) is 48.1 Å². The highest BCUT2D eigenvalue weighted by molar-refractivity contribution is 7.14. The van der Waals surface area contributed by atoms with E-state index in [1.165, 1.54) is 34.6 Å². The van der Waals surface area contributed by atoms with Crippen LogP contribution in [0.1, 0.15) is 38.0 Å². The van der Waals surface area contributed by atoms with Gasteiger partial charge in [0, 0.05) is 27.9 Å². The first-order chi connectivity index (χ1) is 9.72. The fraction of sp³-hybridized carbons (Fsp3) is 0.529. The highest BCUT2D eigenvalue weighted by Crippen LogP contribution is 2.31. The Bertz CT molecular complexity index is 529. The highest BCUT2D eigenvalue weighted by atomic mass is 32.1. The second-order valence-electron chi connectivity index (χ2n) is 6.12. The van der Waals surface area contributed by atoms with Gasteiger partial charge >= 0.3 is 0 Å². The number of rotatable bonds is 4. The van der Waals surface area contributed by atoms with E-state index in [1.807, 2.05) is 22.7 Å². The van der Waals surface area contributed by atoms with Crippen LogP contribution in [0.2, 0.25) is 0 Å². The summed E-state index contributed by atoms with van der Waals surface area (Å²) < 4.78 is 0. The fourth-order valence-corrected chi connectivity index (χ4v) is 4.65.